The summed E-state index contributed by atoms with van der Waals surface area (Å²) >= 11 is 5.80. The molecule has 0 unspecified atom stereocenters. The van der Waals surface area contributed by atoms with Gasteiger partial charge >= 0.3 is 5.97 Å². The highest BCUT2D eigenvalue weighted by molar-refractivity contribution is 6.31. The van der Waals surface area contributed by atoms with Gasteiger partial charge in [0.2, 0.25) is 0 Å². The number of carbonyl (C=O) groups excluding carboxylic acids is 1. The number of aryl methyl sites for hydroxylation is 2. The van der Waals surface area contributed by atoms with E-state index in [1.807, 2.05) is 0 Å². The van der Waals surface area contributed by atoms with Crippen LogP contribution in [0, 0.1) is 6.92 Å². The maximum atomic E-state index is 12.0. The molecule has 100 valence electrons. The predicted molar refractivity (Wildman–Crippen MR) is 70.9 cm³/mol. The highest BCUT2D eigenvalue weighted by Crippen LogP contribution is 2.19. The maximum absolute atomic E-state index is 12.0. The molecule has 7 heteroatoms. The summed E-state index contributed by atoms with van der Waals surface area (Å²) in [6, 6.07) is 3.07. The van der Waals surface area contributed by atoms with Crippen LogP contribution in [0.3, 0.4) is 0 Å². The van der Waals surface area contributed by atoms with Crippen molar-refractivity contribution in [3.05, 3.63) is 40.4 Å². The van der Waals surface area contributed by atoms with Crippen molar-refractivity contribution in [2.75, 3.05) is 5.32 Å². The number of aromatic amines is 1. The van der Waals surface area contributed by atoms with Crippen LogP contribution >= 0.6 is 11.6 Å². The Hall–Kier alpha value is -2.21. The van der Waals surface area contributed by atoms with E-state index in [1.165, 1.54) is 6.07 Å². The van der Waals surface area contributed by atoms with Gasteiger partial charge in [0.15, 0.2) is 0 Å². The van der Waals surface area contributed by atoms with Crippen molar-refractivity contribution in [2.24, 2.45) is 7.05 Å². The number of halogens is 1. The molecule has 3 N–H and O–H groups in total. The number of nitrogens with one attached hydrogen (secondary N) is 2. The molecule has 0 atom stereocenters. The minimum Gasteiger partial charge on any atom is -0.477 e. The second-order valence-electron chi connectivity index (χ2n) is 4.15. The standard InChI is InChI=1S/C12H12ClN3O3/c1-6-3-8(10(14-6)12(18)19)15-11(17)9-4-7(13)5-16(9)2/h3-5,14H,1-2H3,(H,15,17)(H,18,19). The first-order valence-corrected chi connectivity index (χ1v) is 5.82. The summed E-state index contributed by atoms with van der Waals surface area (Å²) in [4.78, 5) is 25.7. The van der Waals surface area contributed by atoms with Crippen LogP contribution in [-0.2, 0) is 7.05 Å². The van der Waals surface area contributed by atoms with Crippen molar-refractivity contribution in [3.63, 3.8) is 0 Å². The van der Waals surface area contributed by atoms with E-state index >= 15 is 0 Å². The van der Waals surface area contributed by atoms with Gasteiger partial charge < -0.3 is 20.0 Å². The molecule has 0 aliphatic rings. The number of aromatic nitrogens is 2. The maximum Gasteiger partial charge on any atom is 0.354 e. The molecule has 6 nitrogen and oxygen atoms in total. The molecule has 2 aromatic heterocycles. The Bertz CT molecular complexity index is 657. The van der Waals surface area contributed by atoms with E-state index in [4.69, 9.17) is 16.7 Å². The van der Waals surface area contributed by atoms with E-state index in [9.17, 15) is 9.59 Å². The van der Waals surface area contributed by atoms with Gasteiger partial charge in [-0.1, -0.05) is 11.6 Å². The number of carboxylic acid groups (broad SMARTS) is 1. The normalized spacial score (nSPS) is 10.5. The molecule has 0 aliphatic heterocycles. The zero-order valence-electron chi connectivity index (χ0n) is 10.3. The first-order chi connectivity index (χ1) is 8.88. The lowest BCUT2D eigenvalue weighted by Gasteiger charge is -2.05. The van der Waals surface area contributed by atoms with Gasteiger partial charge in [-0.05, 0) is 19.1 Å². The molecule has 2 aromatic rings. The number of carboxylic acids is 1. The number of carbonyl (C=O) groups is 2. The molecule has 0 saturated heterocycles. The molecule has 0 bridgehead atoms. The quantitative estimate of drug-likeness (QED) is 0.806. The summed E-state index contributed by atoms with van der Waals surface area (Å²) in [5.74, 6) is -1.55. The minimum absolute atomic E-state index is 0.0499. The van der Waals surface area contributed by atoms with Crippen LogP contribution in [0.4, 0.5) is 5.69 Å². The summed E-state index contributed by atoms with van der Waals surface area (Å²) in [5.41, 5.74) is 1.18. The Labute approximate surface area is 114 Å². The molecule has 0 spiro atoms. The number of amides is 1. The second kappa shape index (κ2) is 4.81. The Morgan fingerprint density at radius 1 is 1.42 bits per heavy atom. The van der Waals surface area contributed by atoms with Gasteiger partial charge in [0, 0.05) is 18.9 Å². The van der Waals surface area contributed by atoms with Gasteiger partial charge in [0.1, 0.15) is 11.4 Å². The fraction of sp³-hybridized carbons (Fsp3) is 0.167. The first-order valence-electron chi connectivity index (χ1n) is 5.44. The van der Waals surface area contributed by atoms with Crippen LogP contribution in [-0.4, -0.2) is 26.5 Å². The van der Waals surface area contributed by atoms with Crippen molar-refractivity contribution >= 4 is 29.2 Å². The average molecular weight is 282 g/mol. The Morgan fingerprint density at radius 3 is 2.63 bits per heavy atom. The summed E-state index contributed by atoms with van der Waals surface area (Å²) in [6.45, 7) is 1.71. The summed E-state index contributed by atoms with van der Waals surface area (Å²) in [6.07, 6.45) is 1.59. The largest absolute Gasteiger partial charge is 0.477 e. The van der Waals surface area contributed by atoms with Crippen molar-refractivity contribution in [1.82, 2.24) is 9.55 Å². The monoisotopic (exact) mass is 281 g/mol. The van der Waals surface area contributed by atoms with Crippen LogP contribution in [0.5, 0.6) is 0 Å². The van der Waals surface area contributed by atoms with E-state index in [0.29, 0.717) is 16.4 Å². The van der Waals surface area contributed by atoms with E-state index in [1.54, 1.807) is 30.8 Å². The van der Waals surface area contributed by atoms with Crippen molar-refractivity contribution in [3.8, 4) is 0 Å². The van der Waals surface area contributed by atoms with E-state index in [0.717, 1.165) is 0 Å². The molecular formula is C12H12ClN3O3. The predicted octanol–water partition coefficient (Wildman–Crippen LogP) is 2.27. The lowest BCUT2D eigenvalue weighted by molar-refractivity contribution is 0.0692. The molecule has 1 amide bonds. The van der Waals surface area contributed by atoms with Crippen molar-refractivity contribution < 1.29 is 14.7 Å². The van der Waals surface area contributed by atoms with Gasteiger partial charge in [0.25, 0.3) is 5.91 Å². The molecule has 2 rings (SSSR count). The third kappa shape index (κ3) is 2.63. The van der Waals surface area contributed by atoms with Crippen LogP contribution in [0.25, 0.3) is 0 Å². The van der Waals surface area contributed by atoms with E-state index in [-0.39, 0.29) is 11.4 Å². The first kappa shape index (κ1) is 13.2. The number of H-pyrrole nitrogens is 1. The second-order valence-corrected chi connectivity index (χ2v) is 4.59. The van der Waals surface area contributed by atoms with Gasteiger partial charge in [-0.2, -0.15) is 0 Å². The Morgan fingerprint density at radius 2 is 2.11 bits per heavy atom. The lowest BCUT2D eigenvalue weighted by Crippen LogP contribution is -2.16. The molecule has 19 heavy (non-hydrogen) atoms. The molecule has 0 aromatic carbocycles. The SMILES string of the molecule is Cc1cc(NC(=O)c2cc(Cl)cn2C)c(C(=O)O)[nH]1. The zero-order valence-corrected chi connectivity index (χ0v) is 11.1. The third-order valence-corrected chi connectivity index (χ3v) is 2.83. The van der Waals surface area contributed by atoms with Crippen LogP contribution in [0.1, 0.15) is 26.7 Å². The number of anilines is 1. The number of aromatic carboxylic acids is 1. The fourth-order valence-electron chi connectivity index (χ4n) is 1.79. The molecule has 0 radical (unpaired) electrons. The molecule has 0 saturated carbocycles. The van der Waals surface area contributed by atoms with E-state index in [2.05, 4.69) is 10.3 Å². The zero-order chi connectivity index (χ0) is 14.2. The molecule has 0 aliphatic carbocycles. The number of hydrogen-bond donors (Lipinski definition) is 3. The van der Waals surface area contributed by atoms with Crippen LogP contribution < -0.4 is 5.32 Å². The number of nitrogens with zero attached hydrogens (tertiary/aromatic N) is 1. The van der Waals surface area contributed by atoms with Crippen molar-refractivity contribution in [2.45, 2.75) is 6.92 Å². The summed E-state index contributed by atoms with van der Waals surface area (Å²) < 4.78 is 1.57. The van der Waals surface area contributed by atoms with Crippen LogP contribution in [0.15, 0.2) is 18.3 Å². The van der Waals surface area contributed by atoms with Crippen LogP contribution in [0.2, 0.25) is 5.02 Å². The fourth-order valence-corrected chi connectivity index (χ4v) is 2.04. The Balaban J connectivity index is 2.29. The number of rotatable bonds is 3. The summed E-state index contributed by atoms with van der Waals surface area (Å²) in [5, 5.41) is 12.0. The Kier molecular flexibility index (Phi) is 3.35. The molecule has 2 heterocycles. The smallest absolute Gasteiger partial charge is 0.354 e. The third-order valence-electron chi connectivity index (χ3n) is 2.62. The molecular weight excluding hydrogens is 270 g/mol. The van der Waals surface area contributed by atoms with E-state index < -0.39 is 11.9 Å². The molecule has 0 fully saturated rings. The number of hydrogen-bond acceptors (Lipinski definition) is 2. The topological polar surface area (TPSA) is 87.1 Å². The highest BCUT2D eigenvalue weighted by atomic mass is 35.5. The van der Waals surface area contributed by atoms with Crippen molar-refractivity contribution in [1.29, 1.82) is 0 Å². The summed E-state index contributed by atoms with van der Waals surface area (Å²) in [7, 11) is 1.68. The van der Waals surface area contributed by atoms with Gasteiger partial charge in [-0.15, -0.1) is 0 Å². The lowest BCUT2D eigenvalue weighted by atomic mass is 10.3. The minimum atomic E-state index is -1.13. The van der Waals surface area contributed by atoms with Gasteiger partial charge in [-0.3, -0.25) is 4.79 Å². The van der Waals surface area contributed by atoms with Gasteiger partial charge in [-0.25, -0.2) is 4.79 Å². The average Bonchev–Trinajstić information content (AvgIpc) is 2.81. The van der Waals surface area contributed by atoms with Gasteiger partial charge in [0.05, 0.1) is 10.7 Å². The highest BCUT2D eigenvalue weighted by Gasteiger charge is 2.17.